The average molecular weight is 446 g/mol. The van der Waals surface area contributed by atoms with E-state index in [0.29, 0.717) is 12.1 Å². The lowest BCUT2D eigenvalue weighted by molar-refractivity contribution is -0.116. The van der Waals surface area contributed by atoms with Crippen molar-refractivity contribution in [1.29, 1.82) is 0 Å². The van der Waals surface area contributed by atoms with Crippen LogP contribution in [0.1, 0.15) is 23.2 Å². The molecule has 144 valence electrons. The first-order valence-electron chi connectivity index (χ1n) is 8.40. The molecule has 3 N–H and O–H groups in total. The molecule has 0 radical (unpaired) electrons. The zero-order valence-corrected chi connectivity index (χ0v) is 16.5. The third kappa shape index (κ3) is 5.01. The van der Waals surface area contributed by atoms with E-state index in [0.717, 1.165) is 11.1 Å². The fourth-order valence-corrected chi connectivity index (χ4v) is 2.87. The van der Waals surface area contributed by atoms with Crippen LogP contribution in [0.15, 0.2) is 56.6 Å². The van der Waals surface area contributed by atoms with Crippen molar-refractivity contribution < 1.29 is 13.8 Å². The van der Waals surface area contributed by atoms with Gasteiger partial charge in [-0.1, -0.05) is 29.8 Å². The lowest BCUT2D eigenvalue weighted by Crippen LogP contribution is -2.19. The number of nitrogens with zero attached hydrogens (tertiary/aromatic N) is 3. The Kier molecular flexibility index (Phi) is 6.15. The number of rotatable bonds is 6. The Morgan fingerprint density at radius 1 is 1.29 bits per heavy atom. The fraction of sp³-hybridized carbons (Fsp3) is 0.158. The number of nitrogens with one attached hydrogen (secondary N) is 1. The van der Waals surface area contributed by atoms with Crippen LogP contribution < -0.4 is 11.1 Å². The van der Waals surface area contributed by atoms with E-state index < -0.39 is 5.82 Å². The van der Waals surface area contributed by atoms with Gasteiger partial charge in [-0.05, 0) is 63.4 Å². The number of amidine groups is 1. The van der Waals surface area contributed by atoms with Crippen LogP contribution in [0.3, 0.4) is 0 Å². The Labute approximate surface area is 168 Å². The number of aromatic nitrogens is 2. The van der Waals surface area contributed by atoms with E-state index in [2.05, 4.69) is 41.2 Å². The Morgan fingerprint density at radius 2 is 2.11 bits per heavy atom. The molecule has 28 heavy (non-hydrogen) atoms. The van der Waals surface area contributed by atoms with Crippen molar-refractivity contribution in [3.63, 3.8) is 0 Å². The number of aryl methyl sites for hydroxylation is 2. The lowest BCUT2D eigenvalue weighted by Gasteiger charge is -2.04. The number of amides is 1. The van der Waals surface area contributed by atoms with Crippen molar-refractivity contribution in [2.75, 3.05) is 5.32 Å². The molecule has 3 rings (SSSR count). The summed E-state index contributed by atoms with van der Waals surface area (Å²) in [6.07, 6.45) is 0.846. The largest absolute Gasteiger partial charge is 0.382 e. The molecule has 2 aromatic carbocycles. The summed E-state index contributed by atoms with van der Waals surface area (Å²) in [4.78, 5) is 16.4. The Hall–Kier alpha value is -3.07. The van der Waals surface area contributed by atoms with Crippen molar-refractivity contribution in [1.82, 2.24) is 10.3 Å². The maximum Gasteiger partial charge on any atom is 0.226 e. The fourth-order valence-electron chi connectivity index (χ4n) is 2.51. The van der Waals surface area contributed by atoms with E-state index in [9.17, 15) is 9.18 Å². The molecule has 0 aliphatic carbocycles. The van der Waals surface area contributed by atoms with Gasteiger partial charge in [0.1, 0.15) is 5.82 Å². The van der Waals surface area contributed by atoms with E-state index in [1.54, 1.807) is 0 Å². The summed E-state index contributed by atoms with van der Waals surface area (Å²) in [5, 5.41) is 9.99. The first-order valence-corrected chi connectivity index (χ1v) is 9.19. The smallest absolute Gasteiger partial charge is 0.226 e. The van der Waals surface area contributed by atoms with Gasteiger partial charge in [0.15, 0.2) is 11.5 Å². The van der Waals surface area contributed by atoms with Gasteiger partial charge in [0.2, 0.25) is 11.7 Å². The lowest BCUT2D eigenvalue weighted by atomic mass is 10.1. The van der Waals surface area contributed by atoms with Crippen molar-refractivity contribution in [2.45, 2.75) is 19.8 Å². The minimum atomic E-state index is -0.415. The molecule has 0 unspecified atom stereocenters. The quantitative estimate of drug-likeness (QED) is 0.442. The number of benzene rings is 2. The van der Waals surface area contributed by atoms with Crippen LogP contribution in [-0.2, 0) is 11.2 Å². The number of hydrogen-bond acceptors (Lipinski definition) is 5. The molecule has 0 aliphatic heterocycles. The van der Waals surface area contributed by atoms with Gasteiger partial charge < -0.3 is 11.1 Å². The van der Waals surface area contributed by atoms with Crippen LogP contribution >= 0.6 is 15.9 Å². The molecule has 3 aromatic rings. The Bertz CT molecular complexity index is 1030. The summed E-state index contributed by atoms with van der Waals surface area (Å²) >= 11 is 3.08. The standard InChI is InChI=1S/C19H17BrFN5O2/c1-11-3-2-4-12(9-11)5-8-16(27)24-19-17(25-28-26-19)18(22)23-13-6-7-15(21)14(20)10-13/h2-4,6-7,9-10H,5,8H2,1H3,(H2,22,23)(H,24,26,27). The Balaban J connectivity index is 1.68. The first-order chi connectivity index (χ1) is 13.4. The van der Waals surface area contributed by atoms with Crippen molar-refractivity contribution in [3.8, 4) is 0 Å². The molecule has 0 aliphatic rings. The number of carbonyl (C=O) groups excluding carboxylic acids is 1. The molecule has 0 fully saturated rings. The molecule has 9 heteroatoms. The average Bonchev–Trinajstić information content (AvgIpc) is 3.11. The molecule has 1 amide bonds. The normalized spacial score (nSPS) is 11.5. The number of aliphatic imine (C=N–C) groups is 1. The van der Waals surface area contributed by atoms with Crippen LogP contribution in [0.2, 0.25) is 0 Å². The molecule has 0 saturated carbocycles. The number of carbonyl (C=O) groups is 1. The van der Waals surface area contributed by atoms with Crippen LogP contribution in [0.4, 0.5) is 15.9 Å². The van der Waals surface area contributed by atoms with Gasteiger partial charge in [0.25, 0.3) is 0 Å². The van der Waals surface area contributed by atoms with Gasteiger partial charge in [-0.25, -0.2) is 14.0 Å². The minimum Gasteiger partial charge on any atom is -0.382 e. The zero-order chi connectivity index (χ0) is 20.1. The second-order valence-corrected chi connectivity index (χ2v) is 6.95. The summed E-state index contributed by atoms with van der Waals surface area (Å²) in [6, 6.07) is 12.1. The highest BCUT2D eigenvalue weighted by atomic mass is 79.9. The van der Waals surface area contributed by atoms with Crippen molar-refractivity contribution in [2.24, 2.45) is 10.7 Å². The van der Waals surface area contributed by atoms with E-state index >= 15 is 0 Å². The summed E-state index contributed by atoms with van der Waals surface area (Å²) in [6.45, 7) is 2.00. The third-order valence-corrected chi connectivity index (χ3v) is 4.47. The highest BCUT2D eigenvalue weighted by molar-refractivity contribution is 9.10. The molecule has 1 heterocycles. The minimum absolute atomic E-state index is 0.0197. The second kappa shape index (κ2) is 8.75. The topological polar surface area (TPSA) is 106 Å². The van der Waals surface area contributed by atoms with E-state index in [4.69, 9.17) is 5.73 Å². The van der Waals surface area contributed by atoms with E-state index in [1.165, 1.54) is 18.2 Å². The van der Waals surface area contributed by atoms with Crippen LogP contribution in [0.25, 0.3) is 0 Å². The van der Waals surface area contributed by atoms with Crippen molar-refractivity contribution in [3.05, 3.63) is 69.6 Å². The molecule has 0 spiro atoms. The van der Waals surface area contributed by atoms with E-state index in [1.807, 2.05) is 31.2 Å². The summed E-state index contributed by atoms with van der Waals surface area (Å²) in [5.74, 6) is -0.608. The highest BCUT2D eigenvalue weighted by Gasteiger charge is 2.17. The molecule has 0 saturated heterocycles. The maximum absolute atomic E-state index is 13.3. The van der Waals surface area contributed by atoms with Gasteiger partial charge in [0.05, 0.1) is 10.2 Å². The number of hydrogen-bond donors (Lipinski definition) is 2. The number of nitrogens with two attached hydrogens (primary N) is 1. The number of halogens is 2. The SMILES string of the molecule is Cc1cccc(CCC(=O)Nc2nonc2C(N)=Nc2ccc(F)c(Br)c2)c1. The second-order valence-electron chi connectivity index (χ2n) is 6.09. The van der Waals surface area contributed by atoms with Crippen LogP contribution in [-0.4, -0.2) is 22.1 Å². The Morgan fingerprint density at radius 3 is 2.86 bits per heavy atom. The molecule has 0 bridgehead atoms. The van der Waals surface area contributed by atoms with Crippen molar-refractivity contribution >= 4 is 39.2 Å². The van der Waals surface area contributed by atoms with Gasteiger partial charge in [-0.3, -0.25) is 4.79 Å². The molecule has 0 atom stereocenters. The summed E-state index contributed by atoms with van der Waals surface area (Å²) < 4.78 is 18.3. The van der Waals surface area contributed by atoms with Gasteiger partial charge in [-0.15, -0.1) is 0 Å². The summed E-state index contributed by atoms with van der Waals surface area (Å²) in [5.41, 5.74) is 8.66. The molecular formula is C19H17BrFN5O2. The van der Waals surface area contributed by atoms with Crippen LogP contribution in [0, 0.1) is 12.7 Å². The van der Waals surface area contributed by atoms with E-state index in [-0.39, 0.29) is 34.1 Å². The number of anilines is 1. The van der Waals surface area contributed by atoms with Gasteiger partial charge >= 0.3 is 0 Å². The first kappa shape index (κ1) is 19.7. The predicted octanol–water partition coefficient (Wildman–Crippen LogP) is 3.89. The molecule has 1 aromatic heterocycles. The summed E-state index contributed by atoms with van der Waals surface area (Å²) in [7, 11) is 0. The highest BCUT2D eigenvalue weighted by Crippen LogP contribution is 2.23. The third-order valence-electron chi connectivity index (χ3n) is 3.86. The maximum atomic E-state index is 13.3. The zero-order valence-electron chi connectivity index (χ0n) is 14.9. The molecule has 7 nitrogen and oxygen atoms in total. The monoisotopic (exact) mass is 445 g/mol. The molecular weight excluding hydrogens is 429 g/mol. The van der Waals surface area contributed by atoms with Crippen LogP contribution in [0.5, 0.6) is 0 Å². The predicted molar refractivity (Wildman–Crippen MR) is 107 cm³/mol. The van der Waals surface area contributed by atoms with Gasteiger partial charge in [0, 0.05) is 6.42 Å². The van der Waals surface area contributed by atoms with Gasteiger partial charge in [-0.2, -0.15) is 0 Å².